The predicted octanol–water partition coefficient (Wildman–Crippen LogP) is 1.72. The number of carbonyl (C=O) groups excluding carboxylic acids is 1. The van der Waals surface area contributed by atoms with E-state index in [-0.39, 0.29) is 25.6 Å². The summed E-state index contributed by atoms with van der Waals surface area (Å²) in [4.78, 5) is 12.1. The van der Waals surface area contributed by atoms with Crippen LogP contribution < -0.4 is 5.73 Å². The van der Waals surface area contributed by atoms with Crippen molar-refractivity contribution in [2.75, 3.05) is 19.6 Å². The van der Waals surface area contributed by atoms with Gasteiger partial charge < -0.3 is 10.6 Å². The molecule has 0 saturated carbocycles. The molecule has 7 heteroatoms. The fraction of sp³-hybridized carbons (Fsp3) is 0.900. The zero-order chi connectivity index (χ0) is 13.6. The van der Waals surface area contributed by atoms with Gasteiger partial charge in [-0.15, -0.1) is 0 Å². The van der Waals surface area contributed by atoms with E-state index in [1.165, 1.54) is 0 Å². The van der Waals surface area contributed by atoms with E-state index in [4.69, 9.17) is 5.73 Å². The number of alkyl halides is 4. The Balaban J connectivity index is 4.72. The SMILES string of the molecule is CC(C)CN(CCCN)C(=O)C(F)(F)C(F)F. The van der Waals surface area contributed by atoms with E-state index < -0.39 is 18.3 Å². The normalized spacial score (nSPS) is 12.3. The van der Waals surface area contributed by atoms with E-state index in [0.717, 1.165) is 4.90 Å². The van der Waals surface area contributed by atoms with E-state index in [1.54, 1.807) is 13.8 Å². The minimum absolute atomic E-state index is 0.0150. The molecule has 0 heterocycles. The highest BCUT2D eigenvalue weighted by molar-refractivity contribution is 5.84. The Morgan fingerprint density at radius 3 is 2.24 bits per heavy atom. The molecule has 0 unspecified atom stereocenters. The molecule has 0 aliphatic rings. The minimum atomic E-state index is -4.62. The number of hydrogen-bond donors (Lipinski definition) is 1. The highest BCUT2D eigenvalue weighted by Gasteiger charge is 2.51. The predicted molar refractivity (Wildman–Crippen MR) is 56.0 cm³/mol. The molecule has 0 aliphatic carbocycles. The molecule has 0 rings (SSSR count). The summed E-state index contributed by atoms with van der Waals surface area (Å²) in [6, 6.07) is 0. The number of nitrogens with two attached hydrogens (primary N) is 1. The van der Waals surface area contributed by atoms with Crippen molar-refractivity contribution >= 4 is 5.91 Å². The summed E-state index contributed by atoms with van der Waals surface area (Å²) in [7, 11) is 0. The third kappa shape index (κ3) is 4.89. The highest BCUT2D eigenvalue weighted by atomic mass is 19.3. The smallest absolute Gasteiger partial charge is 0.337 e. The fourth-order valence-corrected chi connectivity index (χ4v) is 1.30. The number of nitrogens with zero attached hydrogens (tertiary/aromatic N) is 1. The first-order chi connectivity index (χ1) is 7.73. The second kappa shape index (κ2) is 6.78. The van der Waals surface area contributed by atoms with Crippen LogP contribution in [0.1, 0.15) is 20.3 Å². The molecule has 0 atom stereocenters. The second-order valence-electron chi connectivity index (χ2n) is 4.21. The first-order valence-electron chi connectivity index (χ1n) is 5.38. The lowest BCUT2D eigenvalue weighted by atomic mass is 10.1. The summed E-state index contributed by atoms with van der Waals surface area (Å²) in [5.74, 6) is -6.52. The lowest BCUT2D eigenvalue weighted by Crippen LogP contribution is -2.49. The summed E-state index contributed by atoms with van der Waals surface area (Å²) in [6.45, 7) is 3.62. The molecule has 0 bridgehead atoms. The van der Waals surface area contributed by atoms with E-state index in [1.807, 2.05) is 0 Å². The van der Waals surface area contributed by atoms with Crippen molar-refractivity contribution in [3.63, 3.8) is 0 Å². The van der Waals surface area contributed by atoms with Crippen LogP contribution in [0.5, 0.6) is 0 Å². The average molecular weight is 258 g/mol. The van der Waals surface area contributed by atoms with Gasteiger partial charge in [0.1, 0.15) is 0 Å². The third-order valence-electron chi connectivity index (χ3n) is 2.06. The largest absolute Gasteiger partial charge is 0.383 e. The first kappa shape index (κ1) is 16.1. The molecular formula is C10H18F4N2O. The zero-order valence-corrected chi connectivity index (χ0v) is 9.93. The summed E-state index contributed by atoms with van der Waals surface area (Å²) in [6.07, 6.45) is -3.68. The molecular weight excluding hydrogens is 240 g/mol. The molecule has 0 radical (unpaired) electrons. The number of carbonyl (C=O) groups is 1. The molecule has 0 saturated heterocycles. The van der Waals surface area contributed by atoms with E-state index in [2.05, 4.69) is 0 Å². The molecule has 102 valence electrons. The van der Waals surface area contributed by atoms with Gasteiger partial charge in [-0.1, -0.05) is 13.8 Å². The van der Waals surface area contributed by atoms with Gasteiger partial charge in [0, 0.05) is 13.1 Å². The van der Waals surface area contributed by atoms with Crippen LogP contribution in [0, 0.1) is 5.92 Å². The summed E-state index contributed by atoms with van der Waals surface area (Å²) >= 11 is 0. The minimum Gasteiger partial charge on any atom is -0.337 e. The van der Waals surface area contributed by atoms with Gasteiger partial charge in [-0.25, -0.2) is 8.78 Å². The van der Waals surface area contributed by atoms with Crippen LogP contribution in [0.25, 0.3) is 0 Å². The molecule has 3 nitrogen and oxygen atoms in total. The Hall–Kier alpha value is -0.850. The Bertz CT molecular complexity index is 246. The van der Waals surface area contributed by atoms with Crippen LogP contribution in [-0.2, 0) is 4.79 Å². The van der Waals surface area contributed by atoms with Crippen LogP contribution in [-0.4, -0.2) is 42.8 Å². The summed E-state index contributed by atoms with van der Waals surface area (Å²) in [5, 5.41) is 0. The Kier molecular flexibility index (Phi) is 6.44. The lowest BCUT2D eigenvalue weighted by Gasteiger charge is -2.28. The molecule has 0 aromatic carbocycles. The van der Waals surface area contributed by atoms with Crippen molar-refractivity contribution in [1.29, 1.82) is 0 Å². The van der Waals surface area contributed by atoms with Gasteiger partial charge in [-0.3, -0.25) is 4.79 Å². The first-order valence-corrected chi connectivity index (χ1v) is 5.38. The Morgan fingerprint density at radius 2 is 1.88 bits per heavy atom. The van der Waals surface area contributed by atoms with Crippen LogP contribution in [0.3, 0.4) is 0 Å². The molecule has 0 aromatic heterocycles. The molecule has 2 N–H and O–H groups in total. The quantitative estimate of drug-likeness (QED) is 0.707. The van der Waals surface area contributed by atoms with Gasteiger partial charge >= 0.3 is 12.3 Å². The fourth-order valence-electron chi connectivity index (χ4n) is 1.30. The van der Waals surface area contributed by atoms with Crippen LogP contribution >= 0.6 is 0 Å². The zero-order valence-electron chi connectivity index (χ0n) is 9.93. The van der Waals surface area contributed by atoms with Gasteiger partial charge in [-0.05, 0) is 18.9 Å². The monoisotopic (exact) mass is 258 g/mol. The average Bonchev–Trinajstić information content (AvgIpc) is 2.22. The van der Waals surface area contributed by atoms with Crippen molar-refractivity contribution in [3.05, 3.63) is 0 Å². The van der Waals surface area contributed by atoms with E-state index in [9.17, 15) is 22.4 Å². The van der Waals surface area contributed by atoms with Crippen molar-refractivity contribution in [2.24, 2.45) is 11.7 Å². The van der Waals surface area contributed by atoms with Crippen molar-refractivity contribution in [2.45, 2.75) is 32.6 Å². The number of rotatable bonds is 7. The lowest BCUT2D eigenvalue weighted by molar-refractivity contribution is -0.181. The molecule has 0 fully saturated rings. The molecule has 17 heavy (non-hydrogen) atoms. The number of hydrogen-bond acceptors (Lipinski definition) is 2. The number of halogens is 4. The maximum absolute atomic E-state index is 12.9. The maximum Gasteiger partial charge on any atom is 0.383 e. The van der Waals surface area contributed by atoms with Crippen molar-refractivity contribution in [1.82, 2.24) is 4.90 Å². The third-order valence-corrected chi connectivity index (χ3v) is 2.06. The molecule has 0 aromatic rings. The maximum atomic E-state index is 12.9. The Labute approximate surface area is 97.9 Å². The Morgan fingerprint density at radius 1 is 1.35 bits per heavy atom. The van der Waals surface area contributed by atoms with E-state index >= 15 is 0 Å². The standard InChI is InChI=1S/C10H18F4N2O/c1-7(2)6-16(5-3-4-15)9(17)10(13,14)8(11)12/h7-8H,3-6,15H2,1-2H3. The van der Waals surface area contributed by atoms with Crippen molar-refractivity contribution in [3.8, 4) is 0 Å². The van der Waals surface area contributed by atoms with Gasteiger partial charge in [0.25, 0.3) is 5.91 Å². The summed E-state index contributed by atoms with van der Waals surface area (Å²) < 4.78 is 49.9. The van der Waals surface area contributed by atoms with Crippen LogP contribution in [0.2, 0.25) is 0 Å². The van der Waals surface area contributed by atoms with Gasteiger partial charge in [0.2, 0.25) is 0 Å². The van der Waals surface area contributed by atoms with Crippen molar-refractivity contribution < 1.29 is 22.4 Å². The topological polar surface area (TPSA) is 46.3 Å². The molecule has 0 spiro atoms. The van der Waals surface area contributed by atoms with Crippen LogP contribution in [0.15, 0.2) is 0 Å². The van der Waals surface area contributed by atoms with Gasteiger partial charge in [-0.2, -0.15) is 8.78 Å². The van der Waals surface area contributed by atoms with E-state index in [0.29, 0.717) is 6.42 Å². The summed E-state index contributed by atoms with van der Waals surface area (Å²) in [5.41, 5.74) is 5.20. The van der Waals surface area contributed by atoms with Gasteiger partial charge in [0.05, 0.1) is 0 Å². The second-order valence-corrected chi connectivity index (χ2v) is 4.21. The molecule has 0 aliphatic heterocycles. The number of amides is 1. The van der Waals surface area contributed by atoms with Gasteiger partial charge in [0.15, 0.2) is 0 Å². The molecule has 1 amide bonds. The van der Waals surface area contributed by atoms with Crippen LogP contribution in [0.4, 0.5) is 17.6 Å². The highest BCUT2D eigenvalue weighted by Crippen LogP contribution is 2.25.